The maximum Gasteiger partial charge on any atom is 0.490 e. The summed E-state index contributed by atoms with van der Waals surface area (Å²) in [7, 11) is 0. The first-order chi connectivity index (χ1) is 19.0. The van der Waals surface area contributed by atoms with Crippen molar-refractivity contribution < 1.29 is 55.3 Å². The fourth-order valence-corrected chi connectivity index (χ4v) is 4.72. The van der Waals surface area contributed by atoms with Crippen LogP contribution in [0.15, 0.2) is 48.8 Å². The molecule has 2 fully saturated rings. The van der Waals surface area contributed by atoms with Crippen LogP contribution >= 0.6 is 0 Å². The van der Waals surface area contributed by atoms with Gasteiger partial charge in [-0.15, -0.1) is 0 Å². The molecule has 1 spiro atoms. The Bertz CT molecular complexity index is 1150. The van der Waals surface area contributed by atoms with Gasteiger partial charge in [0.05, 0.1) is 0 Å². The molecular formula is C26H28F7N3O5. The van der Waals surface area contributed by atoms with Crippen molar-refractivity contribution in [1.29, 1.82) is 0 Å². The van der Waals surface area contributed by atoms with Crippen molar-refractivity contribution in [2.45, 2.75) is 56.5 Å². The lowest BCUT2D eigenvalue weighted by Gasteiger charge is -2.38. The number of hydrogen-bond donors (Lipinski definition) is 2. The van der Waals surface area contributed by atoms with Crippen LogP contribution in [0.1, 0.15) is 48.0 Å². The molecule has 2 aromatic rings. The molecule has 1 amide bonds. The number of aliphatic carboxylic acids is 2. The number of carboxylic acids is 2. The number of likely N-dealkylation sites (tertiary alicyclic amines) is 2. The molecule has 15 heteroatoms. The van der Waals surface area contributed by atoms with Gasteiger partial charge in [-0.25, -0.2) is 14.0 Å². The molecule has 2 aliphatic rings. The van der Waals surface area contributed by atoms with Crippen molar-refractivity contribution in [2.75, 3.05) is 19.6 Å². The molecule has 3 heterocycles. The molecule has 1 unspecified atom stereocenters. The molecule has 1 aromatic heterocycles. The minimum atomic E-state index is -5.08. The summed E-state index contributed by atoms with van der Waals surface area (Å²) in [6.45, 7) is 3.42. The Labute approximate surface area is 230 Å². The Hall–Kier alpha value is -3.75. The zero-order valence-electron chi connectivity index (χ0n) is 21.6. The summed E-state index contributed by atoms with van der Waals surface area (Å²) in [5, 5.41) is 14.2. The molecule has 1 aromatic carbocycles. The Balaban J connectivity index is 0.000000349. The number of benzene rings is 1. The zero-order valence-corrected chi connectivity index (χ0v) is 21.6. The Kier molecular flexibility index (Phi) is 11.6. The van der Waals surface area contributed by atoms with E-state index >= 15 is 0 Å². The van der Waals surface area contributed by atoms with E-state index in [0.717, 1.165) is 51.0 Å². The molecule has 2 aliphatic heterocycles. The van der Waals surface area contributed by atoms with Crippen molar-refractivity contribution in [1.82, 2.24) is 14.8 Å². The number of carboxylic acid groups (broad SMARTS) is 2. The second-order valence-electron chi connectivity index (χ2n) is 9.37. The highest BCUT2D eigenvalue weighted by molar-refractivity contribution is 5.94. The van der Waals surface area contributed by atoms with E-state index in [1.54, 1.807) is 36.7 Å². The van der Waals surface area contributed by atoms with E-state index in [1.807, 2.05) is 11.0 Å². The fourth-order valence-electron chi connectivity index (χ4n) is 4.72. The SMILES string of the molecule is O=C(O)C(F)(F)F.O=C(O)C(F)(F)F.O=C(c1ccncc1)N1CCCC2(CCCN2Cc2cccc(F)c2)CC1. The van der Waals surface area contributed by atoms with Gasteiger partial charge in [0.2, 0.25) is 0 Å². The highest BCUT2D eigenvalue weighted by atomic mass is 19.4. The quantitative estimate of drug-likeness (QED) is 0.473. The number of rotatable bonds is 3. The molecule has 2 N–H and O–H groups in total. The molecule has 0 radical (unpaired) electrons. The summed E-state index contributed by atoms with van der Waals surface area (Å²) in [5.41, 5.74) is 1.88. The lowest BCUT2D eigenvalue weighted by Crippen LogP contribution is -2.44. The van der Waals surface area contributed by atoms with Gasteiger partial charge in [0.1, 0.15) is 5.82 Å². The summed E-state index contributed by atoms with van der Waals surface area (Å²) in [6.07, 6.45) is -1.39. The first-order valence-corrected chi connectivity index (χ1v) is 12.3. The molecule has 226 valence electrons. The van der Waals surface area contributed by atoms with E-state index < -0.39 is 24.3 Å². The number of halogens is 7. The number of amides is 1. The number of nitrogens with zero attached hydrogens (tertiary/aromatic N) is 3. The van der Waals surface area contributed by atoms with Crippen LogP contribution in [0.4, 0.5) is 30.7 Å². The molecule has 0 saturated carbocycles. The average Bonchev–Trinajstić information content (AvgIpc) is 3.13. The molecule has 4 rings (SSSR count). The van der Waals surface area contributed by atoms with E-state index in [2.05, 4.69) is 9.88 Å². The van der Waals surface area contributed by atoms with Crippen molar-refractivity contribution in [3.63, 3.8) is 0 Å². The van der Waals surface area contributed by atoms with Crippen LogP contribution in [0.2, 0.25) is 0 Å². The molecular weight excluding hydrogens is 567 g/mol. The van der Waals surface area contributed by atoms with Gasteiger partial charge in [0, 0.05) is 43.1 Å². The van der Waals surface area contributed by atoms with Gasteiger partial charge in [0.15, 0.2) is 0 Å². The lowest BCUT2D eigenvalue weighted by molar-refractivity contribution is -0.193. The van der Waals surface area contributed by atoms with Gasteiger partial charge in [-0.3, -0.25) is 14.7 Å². The van der Waals surface area contributed by atoms with Gasteiger partial charge in [-0.2, -0.15) is 26.3 Å². The number of hydrogen-bond acceptors (Lipinski definition) is 5. The minimum Gasteiger partial charge on any atom is -0.475 e. The Morgan fingerprint density at radius 1 is 0.829 bits per heavy atom. The van der Waals surface area contributed by atoms with Crippen LogP contribution in [0.3, 0.4) is 0 Å². The average molecular weight is 596 g/mol. The van der Waals surface area contributed by atoms with Crippen molar-refractivity contribution in [2.24, 2.45) is 0 Å². The smallest absolute Gasteiger partial charge is 0.475 e. The van der Waals surface area contributed by atoms with E-state index in [9.17, 15) is 35.5 Å². The van der Waals surface area contributed by atoms with Crippen LogP contribution < -0.4 is 0 Å². The highest BCUT2D eigenvalue weighted by Gasteiger charge is 2.42. The monoisotopic (exact) mass is 595 g/mol. The predicted molar refractivity (Wildman–Crippen MR) is 130 cm³/mol. The van der Waals surface area contributed by atoms with E-state index in [0.29, 0.717) is 5.56 Å². The van der Waals surface area contributed by atoms with Crippen LogP contribution in [-0.2, 0) is 16.1 Å². The molecule has 0 aliphatic carbocycles. The Morgan fingerprint density at radius 2 is 1.37 bits per heavy atom. The van der Waals surface area contributed by atoms with Gasteiger partial charge >= 0.3 is 24.3 Å². The van der Waals surface area contributed by atoms with Gasteiger partial charge < -0.3 is 15.1 Å². The topological polar surface area (TPSA) is 111 Å². The predicted octanol–water partition coefficient (Wildman–Crippen LogP) is 5.15. The van der Waals surface area contributed by atoms with Gasteiger partial charge in [-0.1, -0.05) is 12.1 Å². The second kappa shape index (κ2) is 14.2. The van der Waals surface area contributed by atoms with Gasteiger partial charge in [-0.05, 0) is 68.5 Å². The van der Waals surface area contributed by atoms with Crippen molar-refractivity contribution in [3.05, 3.63) is 65.7 Å². The molecule has 1 atom stereocenters. The number of alkyl halides is 6. The third kappa shape index (κ3) is 10.3. The largest absolute Gasteiger partial charge is 0.490 e. The standard InChI is InChI=1S/C22H26FN3O.2C2HF3O2/c23-20-5-1-4-18(16-20)17-26-14-3-9-22(26)8-2-13-25(15-10-22)21(27)19-6-11-24-12-7-19;2*3-2(4,5)1(6)7/h1,4-7,11-12,16H,2-3,8-10,13-15,17H2;2*(H,6,7). The molecule has 0 bridgehead atoms. The third-order valence-electron chi connectivity index (χ3n) is 6.62. The van der Waals surface area contributed by atoms with Crippen LogP contribution in [0.5, 0.6) is 0 Å². The first-order valence-electron chi connectivity index (χ1n) is 12.3. The summed E-state index contributed by atoms with van der Waals surface area (Å²) in [5.74, 6) is -5.58. The Morgan fingerprint density at radius 3 is 1.88 bits per heavy atom. The lowest BCUT2D eigenvalue weighted by atomic mass is 9.87. The van der Waals surface area contributed by atoms with Crippen LogP contribution in [-0.4, -0.2) is 80.4 Å². The van der Waals surface area contributed by atoms with E-state index in [-0.39, 0.29) is 17.3 Å². The van der Waals surface area contributed by atoms with Crippen molar-refractivity contribution >= 4 is 17.8 Å². The number of carbonyl (C=O) groups excluding carboxylic acids is 1. The number of carbonyl (C=O) groups is 3. The zero-order chi connectivity index (χ0) is 30.8. The molecule has 2 saturated heterocycles. The third-order valence-corrected chi connectivity index (χ3v) is 6.62. The normalized spacial score (nSPS) is 19.3. The minimum absolute atomic E-state index is 0.101. The maximum atomic E-state index is 13.6. The maximum absolute atomic E-state index is 13.6. The van der Waals surface area contributed by atoms with Crippen LogP contribution in [0, 0.1) is 5.82 Å². The fraction of sp³-hybridized carbons (Fsp3) is 0.462. The van der Waals surface area contributed by atoms with E-state index in [1.165, 1.54) is 18.9 Å². The van der Waals surface area contributed by atoms with Crippen molar-refractivity contribution in [3.8, 4) is 0 Å². The number of aromatic nitrogens is 1. The summed E-state index contributed by atoms with van der Waals surface area (Å²) in [4.78, 5) is 39.1. The summed E-state index contributed by atoms with van der Waals surface area (Å²) >= 11 is 0. The summed E-state index contributed by atoms with van der Waals surface area (Å²) < 4.78 is 77.0. The first kappa shape index (κ1) is 33.5. The van der Waals surface area contributed by atoms with Gasteiger partial charge in [0.25, 0.3) is 5.91 Å². The molecule has 41 heavy (non-hydrogen) atoms. The van der Waals surface area contributed by atoms with Crippen LogP contribution in [0.25, 0.3) is 0 Å². The summed E-state index contributed by atoms with van der Waals surface area (Å²) in [6, 6.07) is 10.5. The molecule has 8 nitrogen and oxygen atoms in total. The number of pyridine rings is 1. The highest BCUT2D eigenvalue weighted by Crippen LogP contribution is 2.39. The second-order valence-corrected chi connectivity index (χ2v) is 9.37. The van der Waals surface area contributed by atoms with E-state index in [4.69, 9.17) is 19.8 Å².